The first-order valence-corrected chi connectivity index (χ1v) is 7.16. The van der Waals surface area contributed by atoms with Crippen LogP contribution in [-0.4, -0.2) is 29.5 Å². The fourth-order valence-corrected chi connectivity index (χ4v) is 2.17. The van der Waals surface area contributed by atoms with E-state index in [1.165, 1.54) is 0 Å². The van der Waals surface area contributed by atoms with Gasteiger partial charge in [-0.2, -0.15) is 0 Å². The number of hydrogen-bond acceptors (Lipinski definition) is 2. The molecule has 5 heteroatoms. The highest BCUT2D eigenvalue weighted by Gasteiger charge is 2.08. The van der Waals surface area contributed by atoms with Gasteiger partial charge in [0.15, 0.2) is 0 Å². The minimum atomic E-state index is -0.106. The summed E-state index contributed by atoms with van der Waals surface area (Å²) in [6.45, 7) is 1.09. The third kappa shape index (κ3) is 5.08. The second-order valence-corrected chi connectivity index (χ2v) is 5.23. The summed E-state index contributed by atoms with van der Waals surface area (Å²) in [4.78, 5) is 17.8. The number of carbonyl (C=O) groups excluding carboxylic acids is 1. The maximum Gasteiger partial charge on any atom is 0.317 e. The fourth-order valence-electron chi connectivity index (χ4n) is 1.96. The molecule has 2 amide bonds. The molecule has 1 N–H and O–H groups in total. The van der Waals surface area contributed by atoms with E-state index in [0.29, 0.717) is 18.1 Å². The highest BCUT2D eigenvalue weighted by Crippen LogP contribution is 2.12. The molecule has 0 aliphatic carbocycles. The zero-order valence-electron chi connectivity index (χ0n) is 11.9. The van der Waals surface area contributed by atoms with Gasteiger partial charge in [-0.3, -0.25) is 4.98 Å². The largest absolute Gasteiger partial charge is 0.338 e. The third-order valence-corrected chi connectivity index (χ3v) is 3.27. The van der Waals surface area contributed by atoms with Crippen molar-refractivity contribution in [1.29, 1.82) is 0 Å². The molecule has 2 aromatic rings. The monoisotopic (exact) mass is 303 g/mol. The maximum absolute atomic E-state index is 12.0. The van der Waals surface area contributed by atoms with Gasteiger partial charge in [0.05, 0.1) is 0 Å². The molecule has 0 aliphatic heterocycles. The maximum atomic E-state index is 12.0. The van der Waals surface area contributed by atoms with Crippen LogP contribution in [0.3, 0.4) is 0 Å². The van der Waals surface area contributed by atoms with E-state index in [1.54, 1.807) is 18.1 Å². The predicted octanol–water partition coefficient (Wildman–Crippen LogP) is 3.12. The molecule has 0 saturated heterocycles. The number of amides is 2. The average molecular weight is 304 g/mol. The zero-order chi connectivity index (χ0) is 15.1. The Morgan fingerprint density at radius 3 is 2.86 bits per heavy atom. The number of nitrogens with zero attached hydrogens (tertiary/aromatic N) is 2. The van der Waals surface area contributed by atoms with Crippen LogP contribution in [-0.2, 0) is 13.0 Å². The van der Waals surface area contributed by atoms with Crippen LogP contribution in [0, 0.1) is 0 Å². The van der Waals surface area contributed by atoms with Crippen LogP contribution in [0.25, 0.3) is 0 Å². The second-order valence-electron chi connectivity index (χ2n) is 4.79. The minimum Gasteiger partial charge on any atom is -0.338 e. The lowest BCUT2D eigenvalue weighted by Crippen LogP contribution is -2.37. The molecule has 0 bridgehead atoms. The number of carbonyl (C=O) groups is 1. The van der Waals surface area contributed by atoms with Crippen LogP contribution in [0.15, 0.2) is 48.7 Å². The number of benzene rings is 1. The van der Waals surface area contributed by atoms with Crippen LogP contribution in [0.5, 0.6) is 0 Å². The van der Waals surface area contributed by atoms with Crippen molar-refractivity contribution < 1.29 is 4.79 Å². The lowest BCUT2D eigenvalue weighted by Gasteiger charge is -2.18. The van der Waals surface area contributed by atoms with Crippen molar-refractivity contribution in [2.45, 2.75) is 13.0 Å². The summed E-state index contributed by atoms with van der Waals surface area (Å²) in [7, 11) is 1.76. The Morgan fingerprint density at radius 2 is 2.14 bits per heavy atom. The lowest BCUT2D eigenvalue weighted by atomic mass is 10.2. The Kier molecular flexibility index (Phi) is 5.58. The van der Waals surface area contributed by atoms with E-state index >= 15 is 0 Å². The standard InChI is InChI=1S/C16H18ClN3O/c1-20(12-13-5-4-6-14(17)11-13)16(21)19-10-8-15-7-2-3-9-18-15/h2-7,9,11H,8,10,12H2,1H3,(H,19,21). The summed E-state index contributed by atoms with van der Waals surface area (Å²) in [5.41, 5.74) is 1.97. The van der Waals surface area contributed by atoms with Gasteiger partial charge in [-0.15, -0.1) is 0 Å². The first-order chi connectivity index (χ1) is 10.1. The smallest absolute Gasteiger partial charge is 0.317 e. The van der Waals surface area contributed by atoms with Crippen molar-refractivity contribution >= 4 is 17.6 Å². The molecule has 1 heterocycles. The summed E-state index contributed by atoms with van der Waals surface area (Å²) in [6, 6.07) is 13.2. The van der Waals surface area contributed by atoms with Crippen LogP contribution in [0.1, 0.15) is 11.3 Å². The molecular weight excluding hydrogens is 286 g/mol. The van der Waals surface area contributed by atoms with Crippen molar-refractivity contribution in [2.24, 2.45) is 0 Å². The van der Waals surface area contributed by atoms with Crippen molar-refractivity contribution in [3.05, 3.63) is 64.9 Å². The molecule has 2 rings (SSSR count). The van der Waals surface area contributed by atoms with E-state index in [9.17, 15) is 4.79 Å². The van der Waals surface area contributed by atoms with Crippen molar-refractivity contribution in [2.75, 3.05) is 13.6 Å². The molecule has 1 aromatic carbocycles. The summed E-state index contributed by atoms with van der Waals surface area (Å²) < 4.78 is 0. The molecule has 1 aromatic heterocycles. The van der Waals surface area contributed by atoms with Crippen molar-refractivity contribution in [3.63, 3.8) is 0 Å². The number of urea groups is 1. The Hall–Kier alpha value is -2.07. The van der Waals surface area contributed by atoms with E-state index in [2.05, 4.69) is 10.3 Å². The van der Waals surface area contributed by atoms with E-state index in [4.69, 9.17) is 11.6 Å². The van der Waals surface area contributed by atoms with Gasteiger partial charge in [-0.25, -0.2) is 4.79 Å². The van der Waals surface area contributed by atoms with E-state index in [0.717, 1.165) is 17.7 Å². The number of halogens is 1. The molecule has 0 unspecified atom stereocenters. The van der Waals surface area contributed by atoms with Gasteiger partial charge in [0.1, 0.15) is 0 Å². The Morgan fingerprint density at radius 1 is 1.29 bits per heavy atom. The van der Waals surface area contributed by atoms with Gasteiger partial charge in [-0.1, -0.05) is 29.8 Å². The fraction of sp³-hybridized carbons (Fsp3) is 0.250. The molecule has 0 radical (unpaired) electrons. The third-order valence-electron chi connectivity index (χ3n) is 3.04. The van der Waals surface area contributed by atoms with Gasteiger partial charge in [0, 0.05) is 43.5 Å². The normalized spacial score (nSPS) is 10.2. The SMILES string of the molecule is CN(Cc1cccc(Cl)c1)C(=O)NCCc1ccccn1. The van der Waals surface area contributed by atoms with E-state index in [-0.39, 0.29) is 6.03 Å². The van der Waals surface area contributed by atoms with Crippen LogP contribution in [0.4, 0.5) is 4.79 Å². The Labute approximate surface area is 129 Å². The number of hydrogen-bond donors (Lipinski definition) is 1. The Balaban J connectivity index is 1.77. The summed E-state index contributed by atoms with van der Waals surface area (Å²) >= 11 is 5.93. The minimum absolute atomic E-state index is 0.106. The number of aromatic nitrogens is 1. The molecule has 110 valence electrons. The van der Waals surface area contributed by atoms with Crippen molar-refractivity contribution in [3.8, 4) is 0 Å². The van der Waals surface area contributed by atoms with E-state index in [1.807, 2.05) is 42.5 Å². The van der Waals surface area contributed by atoms with Gasteiger partial charge in [0.2, 0.25) is 0 Å². The summed E-state index contributed by atoms with van der Waals surface area (Å²) in [5, 5.41) is 3.56. The topological polar surface area (TPSA) is 45.2 Å². The molecule has 0 atom stereocenters. The first-order valence-electron chi connectivity index (χ1n) is 6.78. The van der Waals surface area contributed by atoms with Crippen LogP contribution >= 0.6 is 11.6 Å². The van der Waals surface area contributed by atoms with Gasteiger partial charge in [0.25, 0.3) is 0 Å². The van der Waals surface area contributed by atoms with Gasteiger partial charge < -0.3 is 10.2 Å². The predicted molar refractivity (Wildman–Crippen MR) is 84.3 cm³/mol. The molecule has 0 fully saturated rings. The van der Waals surface area contributed by atoms with Crippen LogP contribution in [0.2, 0.25) is 5.02 Å². The molecule has 0 saturated carbocycles. The average Bonchev–Trinajstić information content (AvgIpc) is 2.48. The van der Waals surface area contributed by atoms with Crippen LogP contribution < -0.4 is 5.32 Å². The number of nitrogens with one attached hydrogen (secondary N) is 1. The molecule has 0 aliphatic rings. The zero-order valence-corrected chi connectivity index (χ0v) is 12.7. The number of pyridine rings is 1. The van der Waals surface area contributed by atoms with Crippen molar-refractivity contribution in [1.82, 2.24) is 15.2 Å². The lowest BCUT2D eigenvalue weighted by molar-refractivity contribution is 0.207. The van der Waals surface area contributed by atoms with Gasteiger partial charge in [-0.05, 0) is 29.8 Å². The highest BCUT2D eigenvalue weighted by molar-refractivity contribution is 6.30. The highest BCUT2D eigenvalue weighted by atomic mass is 35.5. The second kappa shape index (κ2) is 7.64. The van der Waals surface area contributed by atoms with E-state index < -0.39 is 0 Å². The van der Waals surface area contributed by atoms with Gasteiger partial charge >= 0.3 is 6.03 Å². The first kappa shape index (κ1) is 15.3. The molecular formula is C16H18ClN3O. The quantitative estimate of drug-likeness (QED) is 0.922. The molecule has 21 heavy (non-hydrogen) atoms. The summed E-state index contributed by atoms with van der Waals surface area (Å²) in [6.07, 6.45) is 2.47. The Bertz CT molecular complexity index is 589. The summed E-state index contributed by atoms with van der Waals surface area (Å²) in [5.74, 6) is 0. The molecule has 0 spiro atoms. The molecule has 4 nitrogen and oxygen atoms in total. The number of rotatable bonds is 5.